The highest BCUT2D eigenvalue weighted by Gasteiger charge is 1.98. The van der Waals surface area contributed by atoms with Gasteiger partial charge in [-0.15, -0.1) is 11.3 Å². The molecule has 1 heterocycles. The maximum Gasteiger partial charge on any atom is 0.248 e. The van der Waals surface area contributed by atoms with Gasteiger partial charge in [0.1, 0.15) is 0 Å². The number of thiophene rings is 1. The third-order valence-corrected chi connectivity index (χ3v) is 2.84. The van der Waals surface area contributed by atoms with Gasteiger partial charge in [0.05, 0.1) is 5.69 Å². The van der Waals surface area contributed by atoms with Crippen molar-refractivity contribution in [3.05, 3.63) is 52.2 Å². The first-order valence-electron chi connectivity index (χ1n) is 4.73. The maximum absolute atomic E-state index is 10.8. The highest BCUT2D eigenvalue weighted by molar-refractivity contribution is 7.11. The molecule has 0 atom stereocenters. The van der Waals surface area contributed by atoms with Crippen LogP contribution in [0, 0.1) is 0 Å². The number of aliphatic imine (C=N–C) groups is 1. The van der Waals surface area contributed by atoms with Crippen LogP contribution in [0.15, 0.2) is 46.8 Å². The number of nitrogens with zero attached hydrogens (tertiary/aromatic N) is 1. The average molecular weight is 230 g/mol. The van der Waals surface area contributed by atoms with Crippen molar-refractivity contribution >= 4 is 29.1 Å². The Kier molecular flexibility index (Phi) is 3.12. The predicted molar refractivity (Wildman–Crippen MR) is 66.5 cm³/mol. The van der Waals surface area contributed by atoms with Crippen LogP contribution in [0.4, 0.5) is 5.69 Å². The second-order valence-corrected chi connectivity index (χ2v) is 4.16. The van der Waals surface area contributed by atoms with Gasteiger partial charge in [-0.3, -0.25) is 9.79 Å². The highest BCUT2D eigenvalue weighted by Crippen LogP contribution is 2.14. The number of hydrogen-bond donors (Lipinski definition) is 1. The molecule has 1 amide bonds. The van der Waals surface area contributed by atoms with Crippen molar-refractivity contribution in [3.63, 3.8) is 0 Å². The predicted octanol–water partition coefficient (Wildman–Crippen LogP) is 2.60. The third-order valence-electron chi connectivity index (χ3n) is 2.04. The van der Waals surface area contributed by atoms with Gasteiger partial charge in [0.25, 0.3) is 0 Å². The molecule has 0 spiro atoms. The molecule has 0 aliphatic carbocycles. The number of benzene rings is 1. The Bertz CT molecular complexity index is 500. The van der Waals surface area contributed by atoms with Gasteiger partial charge >= 0.3 is 0 Å². The lowest BCUT2D eigenvalue weighted by Gasteiger charge is -1.95. The molecule has 0 aliphatic rings. The van der Waals surface area contributed by atoms with Gasteiger partial charge in [0.2, 0.25) is 5.91 Å². The lowest BCUT2D eigenvalue weighted by molar-refractivity contribution is 0.100. The van der Waals surface area contributed by atoms with Gasteiger partial charge in [-0.1, -0.05) is 6.07 Å². The topological polar surface area (TPSA) is 55.5 Å². The van der Waals surface area contributed by atoms with E-state index in [1.807, 2.05) is 17.5 Å². The van der Waals surface area contributed by atoms with Crippen LogP contribution in [-0.2, 0) is 0 Å². The molecule has 0 radical (unpaired) electrons. The molecule has 0 fully saturated rings. The Labute approximate surface area is 97.3 Å². The number of primary amides is 1. The fraction of sp³-hybridized carbons (Fsp3) is 0. The third kappa shape index (κ3) is 2.55. The number of carbonyl (C=O) groups excluding carboxylic acids is 1. The molecule has 0 aliphatic heterocycles. The van der Waals surface area contributed by atoms with Gasteiger partial charge < -0.3 is 5.73 Å². The summed E-state index contributed by atoms with van der Waals surface area (Å²) in [7, 11) is 0. The molecule has 80 valence electrons. The van der Waals surface area contributed by atoms with Crippen LogP contribution in [0.1, 0.15) is 15.2 Å². The first-order chi connectivity index (χ1) is 7.75. The molecule has 16 heavy (non-hydrogen) atoms. The summed E-state index contributed by atoms with van der Waals surface area (Å²) in [5, 5.41) is 2.00. The van der Waals surface area contributed by atoms with Crippen LogP contribution in [0.5, 0.6) is 0 Å². The van der Waals surface area contributed by atoms with Crippen molar-refractivity contribution < 1.29 is 4.79 Å². The van der Waals surface area contributed by atoms with E-state index in [9.17, 15) is 4.79 Å². The molecule has 0 bridgehead atoms. The molecule has 1 aromatic carbocycles. The van der Waals surface area contributed by atoms with Crippen LogP contribution in [0.3, 0.4) is 0 Å². The van der Waals surface area contributed by atoms with Crippen molar-refractivity contribution in [2.75, 3.05) is 0 Å². The zero-order chi connectivity index (χ0) is 11.4. The summed E-state index contributed by atoms with van der Waals surface area (Å²) in [6.07, 6.45) is 1.80. The summed E-state index contributed by atoms with van der Waals surface area (Å²) in [6.45, 7) is 0. The Morgan fingerprint density at radius 2 is 2.00 bits per heavy atom. The molecule has 2 aromatic rings. The Balaban J connectivity index is 2.14. The van der Waals surface area contributed by atoms with E-state index in [-0.39, 0.29) is 0 Å². The Morgan fingerprint density at radius 3 is 2.56 bits per heavy atom. The minimum atomic E-state index is -0.422. The van der Waals surface area contributed by atoms with Crippen LogP contribution in [0.25, 0.3) is 0 Å². The quantitative estimate of drug-likeness (QED) is 0.809. The van der Waals surface area contributed by atoms with Crippen molar-refractivity contribution in [2.45, 2.75) is 0 Å². The van der Waals surface area contributed by atoms with E-state index in [0.29, 0.717) is 5.56 Å². The molecule has 0 saturated carbocycles. The molecule has 4 heteroatoms. The zero-order valence-corrected chi connectivity index (χ0v) is 9.28. The molecule has 2 rings (SSSR count). The molecular formula is C12H10N2OS. The fourth-order valence-electron chi connectivity index (χ4n) is 1.21. The van der Waals surface area contributed by atoms with Crippen molar-refractivity contribution in [1.82, 2.24) is 0 Å². The zero-order valence-electron chi connectivity index (χ0n) is 8.46. The largest absolute Gasteiger partial charge is 0.366 e. The van der Waals surface area contributed by atoms with Crippen LogP contribution in [-0.4, -0.2) is 12.1 Å². The van der Waals surface area contributed by atoms with Gasteiger partial charge in [0, 0.05) is 16.7 Å². The van der Waals surface area contributed by atoms with Gasteiger partial charge in [0.15, 0.2) is 0 Å². The van der Waals surface area contributed by atoms with E-state index in [1.165, 1.54) is 0 Å². The number of hydrogen-bond acceptors (Lipinski definition) is 3. The highest BCUT2D eigenvalue weighted by atomic mass is 32.1. The van der Waals surface area contributed by atoms with Crippen LogP contribution < -0.4 is 5.73 Å². The number of amides is 1. The first kappa shape index (κ1) is 10.6. The van der Waals surface area contributed by atoms with Gasteiger partial charge in [-0.25, -0.2) is 0 Å². The Hall–Kier alpha value is -1.94. The second kappa shape index (κ2) is 4.72. The minimum absolute atomic E-state index is 0.422. The molecule has 0 unspecified atom stereocenters. The molecule has 2 N–H and O–H groups in total. The van der Waals surface area contributed by atoms with Crippen molar-refractivity contribution in [3.8, 4) is 0 Å². The van der Waals surface area contributed by atoms with Crippen molar-refractivity contribution in [2.24, 2.45) is 10.7 Å². The van der Waals surface area contributed by atoms with Crippen LogP contribution in [0.2, 0.25) is 0 Å². The number of carbonyl (C=O) groups is 1. The number of rotatable bonds is 3. The summed E-state index contributed by atoms with van der Waals surface area (Å²) in [6, 6.07) is 10.8. The monoisotopic (exact) mass is 230 g/mol. The molecular weight excluding hydrogens is 220 g/mol. The smallest absolute Gasteiger partial charge is 0.248 e. The van der Waals surface area contributed by atoms with E-state index in [2.05, 4.69) is 4.99 Å². The molecule has 0 saturated heterocycles. The Morgan fingerprint density at radius 1 is 1.25 bits per heavy atom. The lowest BCUT2D eigenvalue weighted by Crippen LogP contribution is -2.10. The summed E-state index contributed by atoms with van der Waals surface area (Å²) in [5.74, 6) is -0.422. The van der Waals surface area contributed by atoms with Crippen LogP contribution >= 0.6 is 11.3 Å². The molecule has 3 nitrogen and oxygen atoms in total. The fourth-order valence-corrected chi connectivity index (χ4v) is 1.80. The van der Waals surface area contributed by atoms with E-state index in [4.69, 9.17) is 5.73 Å². The van der Waals surface area contributed by atoms with E-state index >= 15 is 0 Å². The standard InChI is InChI=1S/C12H10N2OS/c13-12(15)9-3-5-10(6-4-9)14-8-11-2-1-7-16-11/h1-8H,(H2,13,15). The normalized spacial score (nSPS) is 10.8. The lowest BCUT2D eigenvalue weighted by atomic mass is 10.2. The first-order valence-corrected chi connectivity index (χ1v) is 5.61. The SMILES string of the molecule is NC(=O)c1ccc(N=Cc2cccs2)cc1. The van der Waals surface area contributed by atoms with Gasteiger partial charge in [-0.2, -0.15) is 0 Å². The summed E-state index contributed by atoms with van der Waals surface area (Å²) >= 11 is 1.63. The van der Waals surface area contributed by atoms with E-state index in [1.54, 1.807) is 41.8 Å². The second-order valence-electron chi connectivity index (χ2n) is 3.18. The summed E-state index contributed by atoms with van der Waals surface area (Å²) in [4.78, 5) is 16.2. The maximum atomic E-state index is 10.8. The summed E-state index contributed by atoms with van der Waals surface area (Å²) < 4.78 is 0. The van der Waals surface area contributed by atoms with Crippen molar-refractivity contribution in [1.29, 1.82) is 0 Å². The average Bonchev–Trinajstić information content (AvgIpc) is 2.80. The van der Waals surface area contributed by atoms with E-state index < -0.39 is 5.91 Å². The van der Waals surface area contributed by atoms with Gasteiger partial charge in [-0.05, 0) is 35.7 Å². The summed E-state index contributed by atoms with van der Waals surface area (Å²) in [5.41, 5.74) is 6.44. The van der Waals surface area contributed by atoms with E-state index in [0.717, 1.165) is 10.6 Å². The molecule has 1 aromatic heterocycles. The minimum Gasteiger partial charge on any atom is -0.366 e. The number of nitrogens with two attached hydrogens (primary N) is 1.